The van der Waals surface area contributed by atoms with Crippen LogP contribution in [0.5, 0.6) is 0 Å². The summed E-state index contributed by atoms with van der Waals surface area (Å²) < 4.78 is 5.28. The number of rotatable bonds is 4. The zero-order chi connectivity index (χ0) is 19.3. The molecular formula is C25H38O2. The molecule has 0 bridgehead atoms. The largest absolute Gasteiger partial charge is 0.472 e. The van der Waals surface area contributed by atoms with Crippen LogP contribution in [0.15, 0.2) is 23.0 Å². The summed E-state index contributed by atoms with van der Waals surface area (Å²) in [6.45, 7) is 10.2. The molecule has 2 nitrogen and oxygen atoms in total. The van der Waals surface area contributed by atoms with Gasteiger partial charge in [0.05, 0.1) is 12.5 Å². The molecule has 3 aliphatic rings. The molecule has 3 fully saturated rings. The van der Waals surface area contributed by atoms with Gasteiger partial charge in [0.25, 0.3) is 0 Å². The first-order valence-electron chi connectivity index (χ1n) is 11.3. The summed E-state index contributed by atoms with van der Waals surface area (Å²) >= 11 is 0. The third-order valence-corrected chi connectivity index (χ3v) is 9.49. The molecule has 0 spiro atoms. The van der Waals surface area contributed by atoms with Gasteiger partial charge in [-0.25, -0.2) is 0 Å². The Hall–Kier alpha value is -1.05. The number of carbonyl (C=O) groups is 1. The number of carbonyl (C=O) groups excluding carboxylic acids is 1. The Labute approximate surface area is 165 Å². The van der Waals surface area contributed by atoms with Crippen molar-refractivity contribution >= 4 is 6.29 Å². The van der Waals surface area contributed by atoms with E-state index in [1.165, 1.54) is 50.4 Å². The molecule has 1 aromatic heterocycles. The van der Waals surface area contributed by atoms with Crippen LogP contribution in [-0.2, 0) is 11.2 Å². The van der Waals surface area contributed by atoms with Crippen molar-refractivity contribution in [1.82, 2.24) is 0 Å². The van der Waals surface area contributed by atoms with E-state index in [9.17, 15) is 4.79 Å². The summed E-state index contributed by atoms with van der Waals surface area (Å²) in [4.78, 5) is 12.0. The fraction of sp³-hybridized carbons (Fsp3) is 0.800. The molecule has 6 atom stereocenters. The summed E-state index contributed by atoms with van der Waals surface area (Å²) in [5, 5.41) is 0. The molecule has 2 heteroatoms. The standard InChI is InChI=1S/C25H38O2/c1-23(2)12-5-13-25(4)21(23)10-14-24(3)20(8-6-18-11-15-27-17-18)19(16-26)7-9-22(24)25/h11,15-17,19-22H,5-10,12-14H2,1-4H3/t19-,20-,21-,22-,24+,25-/m0/s1. The lowest BCUT2D eigenvalue weighted by Gasteiger charge is -2.66. The zero-order valence-electron chi connectivity index (χ0n) is 17.8. The van der Waals surface area contributed by atoms with Crippen molar-refractivity contribution in [3.05, 3.63) is 24.2 Å². The summed E-state index contributed by atoms with van der Waals surface area (Å²) in [5.74, 6) is 2.38. The molecule has 1 heterocycles. The molecule has 0 aliphatic heterocycles. The Morgan fingerprint density at radius 1 is 1.04 bits per heavy atom. The van der Waals surface area contributed by atoms with E-state index in [1.807, 2.05) is 6.26 Å². The number of fused-ring (bicyclic) bond motifs is 3. The highest BCUT2D eigenvalue weighted by Crippen LogP contribution is 2.69. The lowest BCUT2D eigenvalue weighted by atomic mass is 9.38. The normalized spacial score (nSPS) is 43.6. The van der Waals surface area contributed by atoms with Gasteiger partial charge in [0, 0.05) is 5.92 Å². The van der Waals surface area contributed by atoms with Gasteiger partial charge in [-0.2, -0.15) is 0 Å². The minimum Gasteiger partial charge on any atom is -0.472 e. The van der Waals surface area contributed by atoms with Gasteiger partial charge in [-0.1, -0.05) is 34.1 Å². The van der Waals surface area contributed by atoms with Gasteiger partial charge in [0.2, 0.25) is 0 Å². The van der Waals surface area contributed by atoms with Crippen molar-refractivity contribution in [2.24, 2.45) is 39.9 Å². The van der Waals surface area contributed by atoms with E-state index >= 15 is 0 Å². The number of furan rings is 1. The molecule has 0 amide bonds. The third kappa shape index (κ3) is 3.02. The summed E-state index contributed by atoms with van der Waals surface area (Å²) in [6, 6.07) is 2.08. The van der Waals surface area contributed by atoms with E-state index in [1.54, 1.807) is 6.26 Å². The van der Waals surface area contributed by atoms with Gasteiger partial charge in [-0.15, -0.1) is 0 Å². The average Bonchev–Trinajstić information content (AvgIpc) is 3.12. The highest BCUT2D eigenvalue weighted by Gasteiger charge is 2.61. The molecule has 3 saturated carbocycles. The number of aldehydes is 1. The van der Waals surface area contributed by atoms with Crippen LogP contribution in [0, 0.1) is 39.9 Å². The monoisotopic (exact) mass is 370 g/mol. The Morgan fingerprint density at radius 2 is 1.85 bits per heavy atom. The van der Waals surface area contributed by atoms with Crippen molar-refractivity contribution in [2.75, 3.05) is 0 Å². The number of hydrogen-bond donors (Lipinski definition) is 0. The lowest BCUT2D eigenvalue weighted by molar-refractivity contribution is -0.176. The summed E-state index contributed by atoms with van der Waals surface area (Å²) in [7, 11) is 0. The van der Waals surface area contributed by atoms with E-state index in [2.05, 4.69) is 33.8 Å². The molecule has 4 rings (SSSR count). The van der Waals surface area contributed by atoms with E-state index in [0.717, 1.165) is 31.1 Å². The molecule has 0 radical (unpaired) electrons. The van der Waals surface area contributed by atoms with Gasteiger partial charge in [-0.05, 0) is 97.0 Å². The average molecular weight is 371 g/mol. The van der Waals surface area contributed by atoms with Crippen molar-refractivity contribution in [3.63, 3.8) is 0 Å². The van der Waals surface area contributed by atoms with E-state index in [-0.39, 0.29) is 5.92 Å². The molecule has 1 aromatic rings. The van der Waals surface area contributed by atoms with Gasteiger partial charge >= 0.3 is 0 Å². The number of hydrogen-bond acceptors (Lipinski definition) is 2. The predicted molar refractivity (Wildman–Crippen MR) is 109 cm³/mol. The van der Waals surface area contributed by atoms with Gasteiger partial charge in [-0.3, -0.25) is 0 Å². The Morgan fingerprint density at radius 3 is 2.56 bits per heavy atom. The van der Waals surface area contributed by atoms with Gasteiger partial charge in [0.1, 0.15) is 6.29 Å². The second-order valence-electron chi connectivity index (χ2n) is 11.2. The first-order valence-corrected chi connectivity index (χ1v) is 11.3. The SMILES string of the molecule is CC1(C)CCC[C@]2(C)[C@H]3CC[C@@H](C=O)[C@H](CCc4ccoc4)[C@@]3(C)CC[C@@H]12. The van der Waals surface area contributed by atoms with Crippen molar-refractivity contribution in [2.45, 2.75) is 85.5 Å². The van der Waals surface area contributed by atoms with Crippen LogP contribution >= 0.6 is 0 Å². The second kappa shape index (κ2) is 6.78. The van der Waals surface area contributed by atoms with E-state index in [4.69, 9.17) is 4.42 Å². The van der Waals surface area contributed by atoms with Crippen LogP contribution in [0.4, 0.5) is 0 Å². The summed E-state index contributed by atoms with van der Waals surface area (Å²) in [5.41, 5.74) is 2.52. The van der Waals surface area contributed by atoms with E-state index in [0.29, 0.717) is 22.2 Å². The topological polar surface area (TPSA) is 30.2 Å². The van der Waals surface area contributed by atoms with Gasteiger partial charge in [0.15, 0.2) is 0 Å². The van der Waals surface area contributed by atoms with Gasteiger partial charge < -0.3 is 9.21 Å². The van der Waals surface area contributed by atoms with Crippen LogP contribution in [0.2, 0.25) is 0 Å². The zero-order valence-corrected chi connectivity index (χ0v) is 17.8. The number of aryl methyl sites for hydroxylation is 1. The first kappa shape index (κ1) is 19.3. The highest BCUT2D eigenvalue weighted by molar-refractivity contribution is 5.54. The maximum Gasteiger partial charge on any atom is 0.123 e. The Kier molecular flexibility index (Phi) is 4.84. The minimum absolute atomic E-state index is 0.245. The molecule has 150 valence electrons. The minimum atomic E-state index is 0.245. The molecule has 0 aromatic carbocycles. The Bertz CT molecular complexity index is 660. The second-order valence-corrected chi connectivity index (χ2v) is 11.2. The Balaban J connectivity index is 1.63. The van der Waals surface area contributed by atoms with E-state index < -0.39 is 0 Å². The molecule has 3 aliphatic carbocycles. The van der Waals surface area contributed by atoms with Crippen LogP contribution in [0.3, 0.4) is 0 Å². The third-order valence-electron chi connectivity index (χ3n) is 9.49. The first-order chi connectivity index (χ1) is 12.8. The fourth-order valence-electron chi connectivity index (χ4n) is 8.30. The maximum atomic E-state index is 12.0. The van der Waals surface area contributed by atoms with Crippen molar-refractivity contribution in [1.29, 1.82) is 0 Å². The predicted octanol–water partition coefficient (Wildman–Crippen LogP) is 6.69. The van der Waals surface area contributed by atoms with Crippen LogP contribution in [-0.4, -0.2) is 6.29 Å². The maximum absolute atomic E-state index is 12.0. The molecule has 0 N–H and O–H groups in total. The van der Waals surface area contributed by atoms with Crippen LogP contribution < -0.4 is 0 Å². The quantitative estimate of drug-likeness (QED) is 0.553. The van der Waals surface area contributed by atoms with Crippen LogP contribution in [0.1, 0.15) is 84.6 Å². The van der Waals surface area contributed by atoms with Crippen molar-refractivity contribution < 1.29 is 9.21 Å². The summed E-state index contributed by atoms with van der Waals surface area (Å²) in [6.07, 6.45) is 16.3. The molecule has 0 saturated heterocycles. The smallest absolute Gasteiger partial charge is 0.123 e. The van der Waals surface area contributed by atoms with Crippen LogP contribution in [0.25, 0.3) is 0 Å². The lowest BCUT2D eigenvalue weighted by Crippen LogP contribution is -2.59. The molecule has 0 unspecified atom stereocenters. The van der Waals surface area contributed by atoms with Crippen molar-refractivity contribution in [3.8, 4) is 0 Å². The molecule has 27 heavy (non-hydrogen) atoms. The fourth-order valence-corrected chi connectivity index (χ4v) is 8.30. The highest BCUT2D eigenvalue weighted by atomic mass is 16.3. The molecular weight excluding hydrogens is 332 g/mol.